The molecule has 0 aliphatic heterocycles. The van der Waals surface area contributed by atoms with Crippen molar-refractivity contribution < 1.29 is 23.8 Å². The number of carbonyl (C=O) groups is 2. The molecule has 0 unspecified atom stereocenters. The number of aromatic nitrogens is 5. The first-order valence-corrected chi connectivity index (χ1v) is 14.9. The normalized spacial score (nSPS) is 13.0. The van der Waals surface area contributed by atoms with Gasteiger partial charge in [-0.1, -0.05) is 29.0 Å². The van der Waals surface area contributed by atoms with Crippen molar-refractivity contribution >= 4 is 50.7 Å². The summed E-state index contributed by atoms with van der Waals surface area (Å²) < 4.78 is 18.6. The smallest absolute Gasteiger partial charge is 0.412 e. The van der Waals surface area contributed by atoms with E-state index in [-0.39, 0.29) is 16.6 Å². The number of imidazole rings is 1. The highest BCUT2D eigenvalue weighted by Gasteiger charge is 2.27. The fraction of sp³-hybridized carbons (Fsp3) is 0.267. The Labute approximate surface area is 261 Å². The van der Waals surface area contributed by atoms with Crippen molar-refractivity contribution in [2.45, 2.75) is 45.1 Å². The van der Waals surface area contributed by atoms with Crippen molar-refractivity contribution in [2.24, 2.45) is 0 Å². The molecule has 1 aromatic carbocycles. The van der Waals surface area contributed by atoms with E-state index in [9.17, 15) is 9.59 Å². The molecular formula is C30H28ClN7O5S. The third-order valence-electron chi connectivity index (χ3n) is 6.45. The summed E-state index contributed by atoms with van der Waals surface area (Å²) in [5, 5.41) is 10.6. The van der Waals surface area contributed by atoms with E-state index >= 15 is 0 Å². The monoisotopic (exact) mass is 633 g/mol. The second kappa shape index (κ2) is 11.7. The molecule has 0 bridgehead atoms. The van der Waals surface area contributed by atoms with Crippen LogP contribution >= 0.6 is 22.9 Å². The SMILES string of the molecule is COc1cnc(Cl)cc1-c1cc(Oc2cccc(NC(=O)OC(C)(C)C)c2)ncc1C(=O)Nc1nn2cc(C3CC3)nc2s1. The Balaban J connectivity index is 1.29. The van der Waals surface area contributed by atoms with Crippen LogP contribution in [0.3, 0.4) is 0 Å². The first-order chi connectivity index (χ1) is 21.0. The molecule has 2 N–H and O–H groups in total. The zero-order chi connectivity index (χ0) is 31.0. The summed E-state index contributed by atoms with van der Waals surface area (Å²) in [7, 11) is 1.50. The number of fused-ring (bicyclic) bond motifs is 1. The number of ether oxygens (including phenoxy) is 3. The van der Waals surface area contributed by atoms with Gasteiger partial charge in [0, 0.05) is 41.1 Å². The maximum absolute atomic E-state index is 13.6. The molecule has 4 heterocycles. The van der Waals surface area contributed by atoms with Gasteiger partial charge in [0.15, 0.2) is 0 Å². The molecule has 0 radical (unpaired) electrons. The fourth-order valence-electron chi connectivity index (χ4n) is 4.37. The van der Waals surface area contributed by atoms with E-state index in [4.69, 9.17) is 25.8 Å². The molecular weight excluding hydrogens is 606 g/mol. The second-order valence-electron chi connectivity index (χ2n) is 11.1. The minimum Gasteiger partial charge on any atom is -0.494 e. The molecule has 14 heteroatoms. The minimum absolute atomic E-state index is 0.182. The van der Waals surface area contributed by atoms with Gasteiger partial charge in [-0.2, -0.15) is 0 Å². The standard InChI is InChI=1S/C30H28ClN7O5S/c1-30(2,3)43-29(40)34-17-6-5-7-18(10-17)42-25-12-19(20-11-24(31)32-14-23(20)41-4)21(13-33-25)26(39)36-27-37-38-15-22(16-8-9-16)35-28(38)44-27/h5-7,10-16H,8-9H2,1-4H3,(H,34,40)(H,36,37,39). The van der Waals surface area contributed by atoms with E-state index in [1.54, 1.807) is 61.7 Å². The fourth-order valence-corrected chi connectivity index (χ4v) is 5.32. The van der Waals surface area contributed by atoms with Crippen LogP contribution < -0.4 is 20.1 Å². The van der Waals surface area contributed by atoms with Gasteiger partial charge in [-0.05, 0) is 51.8 Å². The van der Waals surface area contributed by atoms with Gasteiger partial charge in [0.1, 0.15) is 22.3 Å². The largest absolute Gasteiger partial charge is 0.494 e. The zero-order valence-corrected chi connectivity index (χ0v) is 25.8. The quantitative estimate of drug-likeness (QED) is 0.170. The number of methoxy groups -OCH3 is 1. The van der Waals surface area contributed by atoms with Crippen LogP contribution in [0.25, 0.3) is 16.1 Å². The van der Waals surface area contributed by atoms with Crippen LogP contribution in [-0.4, -0.2) is 49.3 Å². The summed E-state index contributed by atoms with van der Waals surface area (Å²) in [5.74, 6) is 1.02. The summed E-state index contributed by atoms with van der Waals surface area (Å²) in [4.78, 5) is 39.7. The Morgan fingerprint density at radius 2 is 1.89 bits per heavy atom. The zero-order valence-electron chi connectivity index (χ0n) is 24.3. The van der Waals surface area contributed by atoms with Crippen LogP contribution in [0, 0.1) is 0 Å². The van der Waals surface area contributed by atoms with E-state index in [1.807, 2.05) is 6.20 Å². The van der Waals surface area contributed by atoms with E-state index in [1.165, 1.54) is 30.8 Å². The lowest BCUT2D eigenvalue weighted by atomic mass is 10.0. The van der Waals surface area contributed by atoms with E-state index in [0.717, 1.165) is 18.5 Å². The molecule has 0 spiro atoms. The number of pyridine rings is 2. The summed E-state index contributed by atoms with van der Waals surface area (Å²) in [6.07, 6.45) is 6.46. The molecule has 0 saturated heterocycles. The number of benzene rings is 1. The third kappa shape index (κ3) is 6.74. The number of nitrogens with zero attached hydrogens (tertiary/aromatic N) is 5. The van der Waals surface area contributed by atoms with Gasteiger partial charge in [-0.15, -0.1) is 5.10 Å². The number of halogens is 1. The summed E-state index contributed by atoms with van der Waals surface area (Å²) >= 11 is 7.53. The van der Waals surface area contributed by atoms with Crippen molar-refractivity contribution in [1.82, 2.24) is 24.6 Å². The van der Waals surface area contributed by atoms with Gasteiger partial charge in [0.25, 0.3) is 5.91 Å². The minimum atomic E-state index is -0.645. The molecule has 1 aliphatic carbocycles. The lowest BCUT2D eigenvalue weighted by Gasteiger charge is -2.19. The number of amides is 2. The van der Waals surface area contributed by atoms with Crippen LogP contribution in [-0.2, 0) is 4.74 Å². The van der Waals surface area contributed by atoms with Crippen molar-refractivity contribution in [1.29, 1.82) is 0 Å². The Kier molecular flexibility index (Phi) is 7.82. The lowest BCUT2D eigenvalue weighted by Crippen LogP contribution is -2.27. The maximum atomic E-state index is 13.6. The van der Waals surface area contributed by atoms with Crippen LogP contribution in [0.1, 0.15) is 55.6 Å². The Bertz CT molecular complexity index is 1850. The maximum Gasteiger partial charge on any atom is 0.412 e. The number of nitrogens with one attached hydrogen (secondary N) is 2. The van der Waals surface area contributed by atoms with E-state index in [2.05, 4.69) is 30.7 Å². The topological polar surface area (TPSA) is 142 Å². The van der Waals surface area contributed by atoms with Gasteiger partial charge >= 0.3 is 6.09 Å². The third-order valence-corrected chi connectivity index (χ3v) is 7.49. The molecule has 6 rings (SSSR count). The Morgan fingerprint density at radius 1 is 1.07 bits per heavy atom. The number of hydrogen-bond acceptors (Lipinski definition) is 10. The predicted molar refractivity (Wildman–Crippen MR) is 166 cm³/mol. The number of carbonyl (C=O) groups excluding carboxylic acids is 2. The second-order valence-corrected chi connectivity index (χ2v) is 12.4. The average molecular weight is 634 g/mol. The number of hydrogen-bond donors (Lipinski definition) is 2. The average Bonchev–Trinajstić information content (AvgIpc) is 3.63. The Morgan fingerprint density at radius 3 is 2.61 bits per heavy atom. The van der Waals surface area contributed by atoms with Gasteiger partial charge in [-0.25, -0.2) is 24.3 Å². The lowest BCUT2D eigenvalue weighted by molar-refractivity contribution is 0.0635. The highest BCUT2D eigenvalue weighted by molar-refractivity contribution is 7.20. The summed E-state index contributed by atoms with van der Waals surface area (Å²) in [6, 6.07) is 9.96. The number of rotatable bonds is 8. The highest BCUT2D eigenvalue weighted by Crippen LogP contribution is 2.40. The van der Waals surface area contributed by atoms with Crippen LogP contribution in [0.4, 0.5) is 15.6 Å². The molecule has 0 atom stereocenters. The molecule has 2 amide bonds. The van der Waals surface area contributed by atoms with Crippen molar-refractivity contribution in [2.75, 3.05) is 17.7 Å². The molecule has 226 valence electrons. The van der Waals surface area contributed by atoms with E-state index in [0.29, 0.717) is 44.3 Å². The van der Waals surface area contributed by atoms with Gasteiger partial charge in [0.05, 0.1) is 30.8 Å². The van der Waals surface area contributed by atoms with Crippen molar-refractivity contribution in [3.63, 3.8) is 0 Å². The van der Waals surface area contributed by atoms with Crippen molar-refractivity contribution in [3.8, 4) is 28.5 Å². The molecule has 1 fully saturated rings. The molecule has 4 aromatic heterocycles. The summed E-state index contributed by atoms with van der Waals surface area (Å²) in [5.41, 5.74) is 2.02. The molecule has 44 heavy (non-hydrogen) atoms. The molecule has 12 nitrogen and oxygen atoms in total. The predicted octanol–water partition coefficient (Wildman–Crippen LogP) is 7.18. The van der Waals surface area contributed by atoms with E-state index < -0.39 is 17.6 Å². The van der Waals surface area contributed by atoms with Gasteiger partial charge in [-0.3, -0.25) is 15.4 Å². The van der Waals surface area contributed by atoms with Crippen LogP contribution in [0.2, 0.25) is 5.15 Å². The molecule has 1 saturated carbocycles. The van der Waals surface area contributed by atoms with Crippen LogP contribution in [0.15, 0.2) is 55.0 Å². The first kappa shape index (κ1) is 29.3. The molecule has 5 aromatic rings. The van der Waals surface area contributed by atoms with Gasteiger partial charge in [0.2, 0.25) is 16.0 Å². The molecule has 1 aliphatic rings. The highest BCUT2D eigenvalue weighted by atomic mass is 35.5. The van der Waals surface area contributed by atoms with Gasteiger partial charge < -0.3 is 14.2 Å². The number of anilines is 2. The Hall–Kier alpha value is -4.75. The summed E-state index contributed by atoms with van der Waals surface area (Å²) in [6.45, 7) is 5.34. The van der Waals surface area contributed by atoms with Crippen LogP contribution in [0.5, 0.6) is 17.4 Å². The van der Waals surface area contributed by atoms with Crippen molar-refractivity contribution in [3.05, 3.63) is 71.4 Å². The first-order valence-electron chi connectivity index (χ1n) is 13.7.